The summed E-state index contributed by atoms with van der Waals surface area (Å²) in [5, 5.41) is 7.65. The normalized spacial score (nSPS) is 12.6. The minimum atomic E-state index is -0.448. The first-order valence-electron chi connectivity index (χ1n) is 22.0. The predicted octanol–water partition coefficient (Wildman–Crippen LogP) is 13.5. The quantitative estimate of drug-likeness (QED) is 0.108. The van der Waals surface area contributed by atoms with Gasteiger partial charge in [0.25, 0.3) is 0 Å². The topological polar surface area (TPSA) is 48.8 Å². The fraction of sp³-hybridized carbons (Fsp3) is 0.246. The Labute approximate surface area is 372 Å². The Balaban J connectivity index is 1.13. The first kappa shape index (κ1) is 41.6. The second-order valence-electron chi connectivity index (χ2n) is 20.0. The summed E-state index contributed by atoms with van der Waals surface area (Å²) in [6.45, 7) is 22.7. The number of fused-ring (bicyclic) bond motifs is 3. The van der Waals surface area contributed by atoms with Crippen molar-refractivity contribution in [1.82, 2.24) is 19.3 Å². The minimum absolute atomic E-state index is 0.0510. The Morgan fingerprint density at radius 1 is 0.492 bits per heavy atom. The van der Waals surface area contributed by atoms with E-state index in [9.17, 15) is 0 Å². The van der Waals surface area contributed by atoms with Crippen molar-refractivity contribution >= 4 is 21.8 Å². The molecule has 0 saturated heterocycles. The van der Waals surface area contributed by atoms with E-state index >= 15 is 0 Å². The van der Waals surface area contributed by atoms with Gasteiger partial charge in [-0.1, -0.05) is 178 Å². The maximum absolute atomic E-state index is 6.74. The maximum atomic E-state index is 6.74. The smallest absolute Gasteiger partial charge is 0.212 e. The number of para-hydroxylation sites is 1. The summed E-state index contributed by atoms with van der Waals surface area (Å²) in [6, 6.07) is 55.5. The van der Waals surface area contributed by atoms with Crippen LogP contribution in [0.5, 0.6) is 11.5 Å². The van der Waals surface area contributed by atoms with Crippen molar-refractivity contribution in [2.24, 2.45) is 0 Å². The molecule has 0 aliphatic heterocycles. The number of hydrogen-bond donors (Lipinski definition) is 0. The molecule has 9 aromatic rings. The van der Waals surface area contributed by atoms with Gasteiger partial charge in [-0.05, 0) is 86.2 Å². The summed E-state index contributed by atoms with van der Waals surface area (Å²) < 4.78 is 13.0. The van der Waals surface area contributed by atoms with Crippen LogP contribution in [0.3, 0.4) is 0 Å². The van der Waals surface area contributed by atoms with E-state index in [-0.39, 0.29) is 16.2 Å². The van der Waals surface area contributed by atoms with Gasteiger partial charge < -0.3 is 9.30 Å². The fourth-order valence-electron chi connectivity index (χ4n) is 8.62. The van der Waals surface area contributed by atoms with Crippen molar-refractivity contribution < 1.29 is 9.30 Å². The Bertz CT molecular complexity index is 3070. The molecule has 0 aliphatic carbocycles. The lowest BCUT2D eigenvalue weighted by molar-refractivity contribution is -0.612. The van der Waals surface area contributed by atoms with Crippen LogP contribution in [0.25, 0.3) is 39.0 Å². The van der Waals surface area contributed by atoms with Gasteiger partial charge in [0.2, 0.25) is 12.2 Å². The monoisotopic (exact) mass is 827 g/mol. The van der Waals surface area contributed by atoms with Crippen LogP contribution in [-0.2, 0) is 21.7 Å². The molecule has 0 amide bonds. The van der Waals surface area contributed by atoms with E-state index in [1.807, 2.05) is 29.1 Å². The van der Waals surface area contributed by atoms with Crippen molar-refractivity contribution in [2.45, 2.75) is 90.9 Å². The first-order chi connectivity index (χ1) is 30.0. The molecule has 3 aromatic heterocycles. The molecule has 0 bridgehead atoms. The van der Waals surface area contributed by atoms with Gasteiger partial charge in [-0.25, -0.2) is 4.98 Å². The van der Waals surface area contributed by atoms with Crippen molar-refractivity contribution in [3.8, 4) is 28.7 Å². The highest BCUT2D eigenvalue weighted by Gasteiger charge is 2.33. The van der Waals surface area contributed by atoms with Crippen LogP contribution in [0.1, 0.15) is 103 Å². The van der Waals surface area contributed by atoms with Crippen LogP contribution in [0, 0.1) is 6.33 Å². The molecule has 0 radical (unpaired) electrons. The number of pyridine rings is 1. The van der Waals surface area contributed by atoms with Gasteiger partial charge in [0.1, 0.15) is 17.3 Å². The van der Waals surface area contributed by atoms with Crippen LogP contribution in [-0.4, -0.2) is 19.3 Å². The van der Waals surface area contributed by atoms with Crippen molar-refractivity contribution in [3.63, 3.8) is 0 Å². The lowest BCUT2D eigenvalue weighted by Gasteiger charge is -2.28. The number of rotatable bonds is 9. The molecule has 6 aromatic carbocycles. The molecule has 0 aliphatic rings. The standard InChI is InChI=1S/C57H57N5O/c1-54(2,3)42-32-43(55(4,5)6)34-45(33-42)60-38-61(59-53(60)57(9,10)40-22-15-12-16-23-40)44-24-19-25-46(36-44)63-47-28-29-49-48-26-17-18-27-50(48)62(51(49)37-47)52-35-41(30-31-58-52)56(7,8)39-20-13-11-14-21-39/h11-37H,1-10H3. The highest BCUT2D eigenvalue weighted by Crippen LogP contribution is 2.38. The van der Waals surface area contributed by atoms with Crippen LogP contribution in [0.2, 0.25) is 0 Å². The molecule has 6 heteroatoms. The summed E-state index contributed by atoms with van der Waals surface area (Å²) >= 11 is 0. The molecule has 0 spiro atoms. The maximum Gasteiger partial charge on any atom is 0.212 e. The third-order valence-electron chi connectivity index (χ3n) is 12.7. The zero-order chi connectivity index (χ0) is 44.3. The number of aromatic nitrogens is 5. The number of ether oxygens (including phenoxy) is 1. The van der Waals surface area contributed by atoms with E-state index in [4.69, 9.17) is 14.8 Å². The van der Waals surface area contributed by atoms with Gasteiger partial charge >= 0.3 is 0 Å². The predicted molar refractivity (Wildman–Crippen MR) is 257 cm³/mol. The largest absolute Gasteiger partial charge is 0.458 e. The third-order valence-corrected chi connectivity index (χ3v) is 12.7. The van der Waals surface area contributed by atoms with Crippen LogP contribution in [0.4, 0.5) is 0 Å². The molecule has 0 unspecified atom stereocenters. The second kappa shape index (κ2) is 15.5. The minimum Gasteiger partial charge on any atom is -0.458 e. The lowest BCUT2D eigenvalue weighted by Crippen LogP contribution is -2.41. The lowest BCUT2D eigenvalue weighted by atomic mass is 9.78. The molecule has 6 nitrogen and oxygen atoms in total. The van der Waals surface area contributed by atoms with Gasteiger partial charge in [0.05, 0.1) is 16.7 Å². The van der Waals surface area contributed by atoms with Gasteiger partial charge in [0, 0.05) is 39.6 Å². The number of benzene rings is 6. The zero-order valence-corrected chi connectivity index (χ0v) is 38.2. The molecule has 0 N–H and O–H groups in total. The molecule has 63 heavy (non-hydrogen) atoms. The molecular weight excluding hydrogens is 771 g/mol. The zero-order valence-electron chi connectivity index (χ0n) is 38.2. The summed E-state index contributed by atoms with van der Waals surface area (Å²) in [5.74, 6) is 3.17. The van der Waals surface area contributed by atoms with Crippen molar-refractivity contribution in [3.05, 3.63) is 204 Å². The average molecular weight is 828 g/mol. The van der Waals surface area contributed by atoms with E-state index in [1.165, 1.54) is 27.8 Å². The van der Waals surface area contributed by atoms with E-state index in [2.05, 4.69) is 224 Å². The molecule has 316 valence electrons. The van der Waals surface area contributed by atoms with Gasteiger partial charge in [0.15, 0.2) is 0 Å². The molecular formula is C57H57N5O. The Kier molecular flexibility index (Phi) is 10.2. The van der Waals surface area contributed by atoms with E-state index in [1.54, 1.807) is 0 Å². The first-order valence-corrected chi connectivity index (χ1v) is 22.0. The molecule has 0 saturated carbocycles. The van der Waals surface area contributed by atoms with Gasteiger partial charge in [-0.15, -0.1) is 0 Å². The van der Waals surface area contributed by atoms with Crippen LogP contribution in [0.15, 0.2) is 164 Å². The molecule has 0 fully saturated rings. The molecule has 9 rings (SSSR count). The highest BCUT2D eigenvalue weighted by molar-refractivity contribution is 6.09. The van der Waals surface area contributed by atoms with Crippen molar-refractivity contribution in [2.75, 3.05) is 0 Å². The van der Waals surface area contributed by atoms with Crippen LogP contribution < -0.4 is 9.30 Å². The van der Waals surface area contributed by atoms with Crippen LogP contribution >= 0.6 is 0 Å². The second-order valence-corrected chi connectivity index (χ2v) is 20.0. The van der Waals surface area contributed by atoms with E-state index in [0.717, 1.165) is 50.6 Å². The van der Waals surface area contributed by atoms with Crippen molar-refractivity contribution in [1.29, 1.82) is 0 Å². The summed E-state index contributed by atoms with van der Waals surface area (Å²) in [4.78, 5) is 4.96. The van der Waals surface area contributed by atoms with E-state index in [0.29, 0.717) is 5.75 Å². The molecule has 0 atom stereocenters. The Hall–Kier alpha value is -6.79. The number of hydrogen-bond acceptors (Lipinski definition) is 3. The SMILES string of the molecule is CC(C)(C)c1cc(-[n+]2[c-]n(-c3cccc(Oc4ccc5c6ccccc6n(-c6cc(C(C)(C)c7ccccc7)ccn6)c5c4)c3)nc2C(C)(C)c2ccccc2)cc(C(C)(C)C)c1. The summed E-state index contributed by atoms with van der Waals surface area (Å²) in [7, 11) is 0. The van der Waals surface area contributed by atoms with Gasteiger partial charge in [-0.3, -0.25) is 4.57 Å². The Morgan fingerprint density at radius 3 is 1.76 bits per heavy atom. The highest BCUT2D eigenvalue weighted by atomic mass is 16.5. The van der Waals surface area contributed by atoms with E-state index < -0.39 is 5.41 Å². The fourth-order valence-corrected chi connectivity index (χ4v) is 8.62. The molecule has 3 heterocycles. The number of nitrogens with zero attached hydrogens (tertiary/aromatic N) is 5. The summed E-state index contributed by atoms with van der Waals surface area (Å²) in [5.41, 5.74) is 9.39. The summed E-state index contributed by atoms with van der Waals surface area (Å²) in [6.07, 6.45) is 5.61. The third kappa shape index (κ3) is 7.84. The van der Waals surface area contributed by atoms with Gasteiger partial charge in [-0.2, -0.15) is 4.68 Å². The average Bonchev–Trinajstić information content (AvgIpc) is 3.87. The Morgan fingerprint density at radius 2 is 1.10 bits per heavy atom.